The minimum atomic E-state index is -1.17. The summed E-state index contributed by atoms with van der Waals surface area (Å²) in [7, 11) is 1.55. The van der Waals surface area contributed by atoms with Crippen molar-refractivity contribution in [2.75, 3.05) is 12.0 Å². The standard InChI is InChI=1S/C25H17FN2O4S/c1-32-15-11-12-18-19(13-15)33-25(27-18)28-21(16-9-5-6-10-17(16)26)20(23(30)24(28)31)22(29)14-7-3-2-4-8-14/h2-13,21,29H,1H3/b22-20+. The number of aromatic nitrogens is 1. The van der Waals surface area contributed by atoms with Gasteiger partial charge in [0.15, 0.2) is 5.13 Å². The van der Waals surface area contributed by atoms with Crippen molar-refractivity contribution in [2.24, 2.45) is 0 Å². The highest BCUT2D eigenvalue weighted by atomic mass is 32.1. The number of anilines is 1. The second-order valence-corrected chi connectivity index (χ2v) is 8.40. The van der Waals surface area contributed by atoms with Gasteiger partial charge in [0.1, 0.15) is 23.4 Å². The van der Waals surface area contributed by atoms with Gasteiger partial charge >= 0.3 is 5.91 Å². The normalized spacial score (nSPS) is 17.6. The van der Waals surface area contributed by atoms with Gasteiger partial charge in [0, 0.05) is 11.1 Å². The van der Waals surface area contributed by atoms with Crippen molar-refractivity contribution in [3.05, 3.63) is 95.3 Å². The predicted molar refractivity (Wildman–Crippen MR) is 124 cm³/mol. The number of aliphatic hydroxyl groups excluding tert-OH is 1. The zero-order valence-electron chi connectivity index (χ0n) is 17.4. The number of hydrogen-bond donors (Lipinski definition) is 1. The Bertz CT molecular complexity index is 1430. The van der Waals surface area contributed by atoms with Crippen LogP contribution in [0.5, 0.6) is 5.75 Å². The van der Waals surface area contributed by atoms with Crippen molar-refractivity contribution in [3.8, 4) is 5.75 Å². The maximum atomic E-state index is 14.9. The number of rotatable bonds is 4. The first-order valence-corrected chi connectivity index (χ1v) is 10.9. The second kappa shape index (κ2) is 8.14. The number of aliphatic hydroxyl groups is 1. The number of carbonyl (C=O) groups is 2. The third-order valence-corrected chi connectivity index (χ3v) is 6.50. The van der Waals surface area contributed by atoms with Crippen LogP contribution in [0.2, 0.25) is 0 Å². The van der Waals surface area contributed by atoms with E-state index in [1.54, 1.807) is 61.7 Å². The summed E-state index contributed by atoms with van der Waals surface area (Å²) >= 11 is 1.18. The molecule has 8 heteroatoms. The summed E-state index contributed by atoms with van der Waals surface area (Å²) in [5.74, 6) is -2.13. The van der Waals surface area contributed by atoms with Gasteiger partial charge in [-0.25, -0.2) is 9.37 Å². The van der Waals surface area contributed by atoms with Gasteiger partial charge in [0.05, 0.1) is 22.9 Å². The van der Waals surface area contributed by atoms with E-state index in [1.807, 2.05) is 0 Å². The molecule has 4 aromatic rings. The SMILES string of the molecule is COc1ccc2nc(N3C(=O)C(=O)/C(=C(/O)c4ccccc4)C3c3ccccc3F)sc2c1. The first-order valence-electron chi connectivity index (χ1n) is 10.0. The Morgan fingerprint density at radius 2 is 1.79 bits per heavy atom. The predicted octanol–water partition coefficient (Wildman–Crippen LogP) is 5.07. The molecule has 1 atom stereocenters. The van der Waals surface area contributed by atoms with Crippen LogP contribution in [0.1, 0.15) is 17.2 Å². The number of methoxy groups -OCH3 is 1. The lowest BCUT2D eigenvalue weighted by atomic mass is 9.95. The molecule has 5 rings (SSSR count). The van der Waals surface area contributed by atoms with Crippen LogP contribution in [0.25, 0.3) is 16.0 Å². The molecule has 1 aromatic heterocycles. The van der Waals surface area contributed by atoms with E-state index in [9.17, 15) is 19.1 Å². The average Bonchev–Trinajstić information content (AvgIpc) is 3.37. The fourth-order valence-electron chi connectivity index (χ4n) is 3.90. The Labute approximate surface area is 192 Å². The maximum absolute atomic E-state index is 14.9. The van der Waals surface area contributed by atoms with Gasteiger partial charge in [-0.05, 0) is 24.3 Å². The number of nitrogens with zero attached hydrogens (tertiary/aromatic N) is 2. The number of thiazole rings is 1. The number of carbonyl (C=O) groups excluding carboxylic acids is 2. The van der Waals surface area contributed by atoms with Crippen molar-refractivity contribution in [3.63, 3.8) is 0 Å². The van der Waals surface area contributed by atoms with Crippen molar-refractivity contribution in [2.45, 2.75) is 6.04 Å². The number of hydrogen-bond acceptors (Lipinski definition) is 6. The Morgan fingerprint density at radius 3 is 2.52 bits per heavy atom. The van der Waals surface area contributed by atoms with Crippen LogP contribution in [-0.4, -0.2) is 28.9 Å². The fraction of sp³-hybridized carbons (Fsp3) is 0.0800. The lowest BCUT2D eigenvalue weighted by molar-refractivity contribution is -0.132. The number of amides is 1. The van der Waals surface area contributed by atoms with E-state index in [1.165, 1.54) is 29.5 Å². The Hall–Kier alpha value is -4.04. The first kappa shape index (κ1) is 20.8. The third kappa shape index (κ3) is 3.44. The zero-order chi connectivity index (χ0) is 23.1. The lowest BCUT2D eigenvalue weighted by Gasteiger charge is -2.23. The first-order chi connectivity index (χ1) is 16.0. The highest BCUT2D eigenvalue weighted by Gasteiger charge is 2.49. The zero-order valence-corrected chi connectivity index (χ0v) is 18.2. The molecule has 1 amide bonds. The Morgan fingerprint density at radius 1 is 1.06 bits per heavy atom. The summed E-state index contributed by atoms with van der Waals surface area (Å²) < 4.78 is 20.9. The van der Waals surface area contributed by atoms with Crippen LogP contribution < -0.4 is 9.64 Å². The summed E-state index contributed by atoms with van der Waals surface area (Å²) in [6, 6.07) is 18.4. The number of fused-ring (bicyclic) bond motifs is 1. The Balaban J connectivity index is 1.74. The van der Waals surface area contributed by atoms with Crippen molar-refractivity contribution in [1.82, 2.24) is 4.98 Å². The molecular formula is C25H17FN2O4S. The monoisotopic (exact) mass is 460 g/mol. The van der Waals surface area contributed by atoms with Gasteiger partial charge in [-0.15, -0.1) is 0 Å². The van der Waals surface area contributed by atoms with Crippen molar-refractivity contribution in [1.29, 1.82) is 0 Å². The van der Waals surface area contributed by atoms with Crippen LogP contribution in [0, 0.1) is 5.82 Å². The summed E-state index contributed by atoms with van der Waals surface area (Å²) in [5, 5.41) is 11.3. The molecule has 1 saturated heterocycles. The molecule has 1 aliphatic heterocycles. The Kier molecular flexibility index (Phi) is 5.14. The van der Waals surface area contributed by atoms with Crippen LogP contribution in [-0.2, 0) is 9.59 Å². The molecule has 6 nitrogen and oxygen atoms in total. The average molecular weight is 460 g/mol. The van der Waals surface area contributed by atoms with Gasteiger partial charge in [0.2, 0.25) is 0 Å². The molecule has 2 heterocycles. The highest BCUT2D eigenvalue weighted by molar-refractivity contribution is 7.22. The molecular weight excluding hydrogens is 443 g/mol. The molecule has 3 aromatic carbocycles. The number of benzene rings is 3. The number of halogens is 1. The lowest BCUT2D eigenvalue weighted by Crippen LogP contribution is -2.29. The molecule has 0 bridgehead atoms. The summed E-state index contributed by atoms with van der Waals surface area (Å²) in [6.07, 6.45) is 0. The van der Waals surface area contributed by atoms with E-state index in [4.69, 9.17) is 4.74 Å². The van der Waals surface area contributed by atoms with E-state index in [-0.39, 0.29) is 22.0 Å². The number of ether oxygens (including phenoxy) is 1. The van der Waals surface area contributed by atoms with E-state index in [2.05, 4.69) is 4.98 Å². The number of ketones is 1. The largest absolute Gasteiger partial charge is 0.507 e. The molecule has 1 fully saturated rings. The minimum Gasteiger partial charge on any atom is -0.507 e. The van der Waals surface area contributed by atoms with E-state index >= 15 is 0 Å². The molecule has 33 heavy (non-hydrogen) atoms. The van der Waals surface area contributed by atoms with Crippen LogP contribution in [0.4, 0.5) is 9.52 Å². The topological polar surface area (TPSA) is 79.7 Å². The van der Waals surface area contributed by atoms with Crippen molar-refractivity contribution >= 4 is 44.1 Å². The van der Waals surface area contributed by atoms with E-state index in [0.29, 0.717) is 16.8 Å². The second-order valence-electron chi connectivity index (χ2n) is 7.39. The van der Waals surface area contributed by atoms with Gasteiger partial charge in [-0.1, -0.05) is 59.9 Å². The quantitative estimate of drug-likeness (QED) is 0.261. The summed E-state index contributed by atoms with van der Waals surface area (Å²) in [4.78, 5) is 32.0. The van der Waals surface area contributed by atoms with Crippen molar-refractivity contribution < 1.29 is 23.8 Å². The third-order valence-electron chi connectivity index (χ3n) is 5.48. The molecule has 0 saturated carbocycles. The molecule has 164 valence electrons. The molecule has 1 N–H and O–H groups in total. The van der Waals surface area contributed by atoms with Gasteiger partial charge in [0.25, 0.3) is 5.78 Å². The van der Waals surface area contributed by atoms with E-state index < -0.39 is 23.5 Å². The fourth-order valence-corrected chi connectivity index (χ4v) is 4.92. The maximum Gasteiger partial charge on any atom is 0.301 e. The van der Waals surface area contributed by atoms with Gasteiger partial charge < -0.3 is 9.84 Å². The number of Topliss-reactive ketones (excluding diaryl/α,β-unsaturated/α-hetero) is 1. The summed E-state index contributed by atoms with van der Waals surface area (Å²) in [5.41, 5.74) is 0.859. The van der Waals surface area contributed by atoms with Gasteiger partial charge in [-0.3, -0.25) is 14.5 Å². The molecule has 0 radical (unpaired) electrons. The highest BCUT2D eigenvalue weighted by Crippen LogP contribution is 2.45. The molecule has 1 aliphatic rings. The molecule has 1 unspecified atom stereocenters. The van der Waals surface area contributed by atoms with Crippen LogP contribution in [0.3, 0.4) is 0 Å². The molecule has 0 aliphatic carbocycles. The van der Waals surface area contributed by atoms with Gasteiger partial charge in [-0.2, -0.15) is 0 Å². The molecule has 0 spiro atoms. The van der Waals surface area contributed by atoms with E-state index in [0.717, 1.165) is 9.60 Å². The van der Waals surface area contributed by atoms with Crippen LogP contribution >= 0.6 is 11.3 Å². The van der Waals surface area contributed by atoms with Crippen LogP contribution in [0.15, 0.2) is 78.4 Å². The summed E-state index contributed by atoms with van der Waals surface area (Å²) in [6.45, 7) is 0. The smallest absolute Gasteiger partial charge is 0.301 e. The minimum absolute atomic E-state index is 0.0889.